The van der Waals surface area contributed by atoms with Crippen molar-refractivity contribution in [3.05, 3.63) is 0 Å². The van der Waals surface area contributed by atoms with Gasteiger partial charge in [0.25, 0.3) is 0 Å². The summed E-state index contributed by atoms with van der Waals surface area (Å²) in [4.78, 5) is 2.36. The molecular formula is C10H18N2. The lowest BCUT2D eigenvalue weighted by molar-refractivity contribution is 0.174. The van der Waals surface area contributed by atoms with Gasteiger partial charge >= 0.3 is 0 Å². The van der Waals surface area contributed by atoms with E-state index in [1.54, 1.807) is 0 Å². The van der Waals surface area contributed by atoms with Crippen LogP contribution < -0.4 is 0 Å². The highest BCUT2D eigenvalue weighted by atomic mass is 15.2. The highest BCUT2D eigenvalue weighted by Crippen LogP contribution is 2.27. The van der Waals surface area contributed by atoms with Gasteiger partial charge in [-0.05, 0) is 33.1 Å². The van der Waals surface area contributed by atoms with Crippen LogP contribution in [0.4, 0.5) is 0 Å². The van der Waals surface area contributed by atoms with Crippen molar-refractivity contribution in [2.45, 2.75) is 58.2 Å². The number of nitriles is 1. The topological polar surface area (TPSA) is 27.0 Å². The average molecular weight is 166 g/mol. The summed E-state index contributed by atoms with van der Waals surface area (Å²) in [6.07, 6.45) is 3.70. The molecule has 1 saturated heterocycles. The second kappa shape index (κ2) is 3.91. The van der Waals surface area contributed by atoms with E-state index in [0.29, 0.717) is 12.1 Å². The lowest BCUT2D eigenvalue weighted by atomic mass is 10.1. The first kappa shape index (κ1) is 9.54. The van der Waals surface area contributed by atoms with Crippen molar-refractivity contribution in [1.29, 1.82) is 5.26 Å². The lowest BCUT2D eigenvalue weighted by Crippen LogP contribution is -2.40. The van der Waals surface area contributed by atoms with Crippen LogP contribution in [0.3, 0.4) is 0 Å². The van der Waals surface area contributed by atoms with E-state index in [1.165, 1.54) is 19.3 Å². The molecule has 0 spiro atoms. The van der Waals surface area contributed by atoms with Crippen molar-refractivity contribution in [2.24, 2.45) is 0 Å². The molecule has 3 atom stereocenters. The zero-order chi connectivity index (χ0) is 9.14. The Morgan fingerprint density at radius 2 is 2.25 bits per heavy atom. The fraction of sp³-hybridized carbons (Fsp3) is 0.900. The van der Waals surface area contributed by atoms with Crippen LogP contribution in [0.2, 0.25) is 0 Å². The van der Waals surface area contributed by atoms with Gasteiger partial charge in [0.1, 0.15) is 0 Å². The molecule has 0 bridgehead atoms. The Kier molecular flexibility index (Phi) is 3.11. The SMILES string of the molecule is CCC1CCC(C)N1C(C)C#N. The molecule has 3 unspecified atom stereocenters. The normalized spacial score (nSPS) is 33.2. The molecule has 1 rings (SSSR count). The summed E-state index contributed by atoms with van der Waals surface area (Å²) in [6.45, 7) is 6.44. The Morgan fingerprint density at radius 3 is 2.75 bits per heavy atom. The summed E-state index contributed by atoms with van der Waals surface area (Å²) in [5, 5.41) is 8.83. The largest absolute Gasteiger partial charge is 0.283 e. The van der Waals surface area contributed by atoms with Crippen molar-refractivity contribution < 1.29 is 0 Å². The molecule has 1 heterocycles. The minimum atomic E-state index is 0.0902. The van der Waals surface area contributed by atoms with Crippen molar-refractivity contribution in [3.8, 4) is 6.07 Å². The molecule has 0 aromatic carbocycles. The van der Waals surface area contributed by atoms with E-state index < -0.39 is 0 Å². The second-order valence-corrected chi connectivity index (χ2v) is 3.74. The van der Waals surface area contributed by atoms with Gasteiger partial charge in [-0.15, -0.1) is 0 Å². The number of likely N-dealkylation sites (tertiary alicyclic amines) is 1. The van der Waals surface area contributed by atoms with Crippen molar-refractivity contribution >= 4 is 0 Å². The summed E-state index contributed by atoms with van der Waals surface area (Å²) in [6, 6.07) is 3.67. The van der Waals surface area contributed by atoms with Gasteiger partial charge in [0.2, 0.25) is 0 Å². The van der Waals surface area contributed by atoms with Gasteiger partial charge in [-0.2, -0.15) is 5.26 Å². The Hall–Kier alpha value is -0.550. The molecule has 0 aromatic rings. The van der Waals surface area contributed by atoms with E-state index >= 15 is 0 Å². The first-order valence-corrected chi connectivity index (χ1v) is 4.87. The van der Waals surface area contributed by atoms with Gasteiger partial charge in [-0.3, -0.25) is 4.90 Å². The van der Waals surface area contributed by atoms with Gasteiger partial charge in [0.05, 0.1) is 12.1 Å². The van der Waals surface area contributed by atoms with Crippen LogP contribution in [-0.2, 0) is 0 Å². The Morgan fingerprint density at radius 1 is 1.58 bits per heavy atom. The summed E-state index contributed by atoms with van der Waals surface area (Å²) >= 11 is 0. The van der Waals surface area contributed by atoms with E-state index in [1.807, 2.05) is 6.92 Å². The molecule has 12 heavy (non-hydrogen) atoms. The molecule has 0 aliphatic carbocycles. The third-order valence-electron chi connectivity index (χ3n) is 2.95. The van der Waals surface area contributed by atoms with Gasteiger partial charge in [0, 0.05) is 12.1 Å². The van der Waals surface area contributed by atoms with Crippen LogP contribution in [0, 0.1) is 11.3 Å². The predicted molar refractivity (Wildman–Crippen MR) is 49.7 cm³/mol. The van der Waals surface area contributed by atoms with Crippen molar-refractivity contribution in [2.75, 3.05) is 0 Å². The van der Waals surface area contributed by atoms with E-state index in [9.17, 15) is 0 Å². The van der Waals surface area contributed by atoms with E-state index in [4.69, 9.17) is 5.26 Å². The molecule has 0 amide bonds. The predicted octanol–water partition coefficient (Wildman–Crippen LogP) is 2.16. The maximum Gasteiger partial charge on any atom is 0.0954 e. The molecule has 68 valence electrons. The first-order chi connectivity index (χ1) is 5.70. The highest BCUT2D eigenvalue weighted by Gasteiger charge is 2.32. The molecule has 1 aliphatic heterocycles. The van der Waals surface area contributed by atoms with Gasteiger partial charge in [-0.1, -0.05) is 6.92 Å². The van der Waals surface area contributed by atoms with E-state index in [-0.39, 0.29) is 6.04 Å². The maximum absolute atomic E-state index is 8.83. The van der Waals surface area contributed by atoms with Crippen molar-refractivity contribution in [1.82, 2.24) is 4.90 Å². The molecular weight excluding hydrogens is 148 g/mol. The monoisotopic (exact) mass is 166 g/mol. The van der Waals surface area contributed by atoms with Crippen LogP contribution in [0.15, 0.2) is 0 Å². The number of rotatable bonds is 2. The molecule has 0 aromatic heterocycles. The molecule has 1 aliphatic rings. The van der Waals surface area contributed by atoms with Crippen LogP contribution in [0.5, 0.6) is 0 Å². The molecule has 0 N–H and O–H groups in total. The highest BCUT2D eigenvalue weighted by molar-refractivity contribution is 4.96. The van der Waals surface area contributed by atoms with Crippen LogP contribution in [0.1, 0.15) is 40.0 Å². The third-order valence-corrected chi connectivity index (χ3v) is 2.95. The van der Waals surface area contributed by atoms with E-state index in [0.717, 1.165) is 0 Å². The molecule has 0 saturated carbocycles. The summed E-state index contributed by atoms with van der Waals surface area (Å²) in [5.41, 5.74) is 0. The summed E-state index contributed by atoms with van der Waals surface area (Å²) in [7, 11) is 0. The lowest BCUT2D eigenvalue weighted by Gasteiger charge is -2.29. The Labute approximate surface area is 75.2 Å². The smallest absolute Gasteiger partial charge is 0.0954 e. The Balaban J connectivity index is 2.64. The van der Waals surface area contributed by atoms with Crippen LogP contribution in [0.25, 0.3) is 0 Å². The second-order valence-electron chi connectivity index (χ2n) is 3.74. The zero-order valence-electron chi connectivity index (χ0n) is 8.25. The number of hydrogen-bond donors (Lipinski definition) is 0. The van der Waals surface area contributed by atoms with Gasteiger partial charge in [0.15, 0.2) is 0 Å². The molecule has 2 heteroatoms. The minimum absolute atomic E-state index is 0.0902. The van der Waals surface area contributed by atoms with Gasteiger partial charge in [-0.25, -0.2) is 0 Å². The quantitative estimate of drug-likeness (QED) is 0.628. The fourth-order valence-corrected chi connectivity index (χ4v) is 2.27. The number of nitrogens with zero attached hydrogens (tertiary/aromatic N) is 2. The molecule has 0 radical (unpaired) electrons. The van der Waals surface area contributed by atoms with Crippen LogP contribution >= 0.6 is 0 Å². The number of hydrogen-bond acceptors (Lipinski definition) is 2. The fourth-order valence-electron chi connectivity index (χ4n) is 2.27. The summed E-state index contributed by atoms with van der Waals surface area (Å²) < 4.78 is 0. The van der Waals surface area contributed by atoms with E-state index in [2.05, 4.69) is 24.8 Å². The zero-order valence-corrected chi connectivity index (χ0v) is 8.25. The average Bonchev–Trinajstić information content (AvgIpc) is 2.45. The first-order valence-electron chi connectivity index (χ1n) is 4.87. The third kappa shape index (κ3) is 1.61. The Bertz CT molecular complexity index is 183. The van der Waals surface area contributed by atoms with Crippen molar-refractivity contribution in [3.63, 3.8) is 0 Å². The maximum atomic E-state index is 8.83. The standard InChI is InChI=1S/C10H18N2/c1-4-10-6-5-8(2)12(10)9(3)7-11/h8-10H,4-6H2,1-3H3. The molecule has 1 fully saturated rings. The minimum Gasteiger partial charge on any atom is -0.283 e. The van der Waals surface area contributed by atoms with Gasteiger partial charge < -0.3 is 0 Å². The summed E-state index contributed by atoms with van der Waals surface area (Å²) in [5.74, 6) is 0. The van der Waals surface area contributed by atoms with Crippen LogP contribution in [-0.4, -0.2) is 23.0 Å². The molecule has 2 nitrogen and oxygen atoms in total.